The Labute approximate surface area is 172 Å². The summed E-state index contributed by atoms with van der Waals surface area (Å²) in [4.78, 5) is 12.3. The van der Waals surface area contributed by atoms with E-state index in [0.29, 0.717) is 0 Å². The summed E-state index contributed by atoms with van der Waals surface area (Å²) in [5.41, 5.74) is 0.879. The highest BCUT2D eigenvalue weighted by Crippen LogP contribution is 2.28. The number of methoxy groups -OCH3 is 1. The van der Waals surface area contributed by atoms with E-state index in [9.17, 15) is 0 Å². The fraction of sp³-hybridized carbons (Fsp3) is 0.333. The molecule has 8 nitrogen and oxygen atoms in total. The van der Waals surface area contributed by atoms with Gasteiger partial charge in [0.15, 0.2) is 10.6 Å². The van der Waals surface area contributed by atoms with Gasteiger partial charge in [0.1, 0.15) is 5.75 Å². The first-order chi connectivity index (χ1) is 13.7. The quantitative estimate of drug-likeness (QED) is 0.591. The van der Waals surface area contributed by atoms with Gasteiger partial charge in [-0.15, -0.1) is 5.10 Å². The number of piperazine rings is 1. The molecule has 4 rings (SSSR count). The van der Waals surface area contributed by atoms with Crippen LogP contribution in [0.25, 0.3) is 0 Å². The predicted octanol–water partition coefficient (Wildman–Crippen LogP) is 1.58. The van der Waals surface area contributed by atoms with Crippen molar-refractivity contribution in [2.45, 2.75) is 6.67 Å². The summed E-state index contributed by atoms with van der Waals surface area (Å²) in [5, 5.41) is 8.74. The van der Waals surface area contributed by atoms with Crippen molar-refractivity contribution < 1.29 is 9.64 Å². The van der Waals surface area contributed by atoms with E-state index in [-0.39, 0.29) is 0 Å². The Morgan fingerprint density at radius 3 is 2.68 bits per heavy atom. The molecule has 2 aromatic heterocycles. The van der Waals surface area contributed by atoms with Crippen molar-refractivity contribution in [1.29, 1.82) is 0 Å². The van der Waals surface area contributed by atoms with E-state index in [1.54, 1.807) is 19.5 Å². The summed E-state index contributed by atoms with van der Waals surface area (Å²) in [5.74, 6) is 1.58. The van der Waals surface area contributed by atoms with E-state index >= 15 is 0 Å². The van der Waals surface area contributed by atoms with Crippen LogP contribution in [0.3, 0.4) is 0 Å². The first kappa shape index (κ1) is 18.8. The maximum absolute atomic E-state index is 5.52. The molecule has 0 aliphatic carbocycles. The predicted molar refractivity (Wildman–Crippen MR) is 112 cm³/mol. The average Bonchev–Trinajstić information content (AvgIpc) is 3.08. The minimum Gasteiger partial charge on any atom is -0.495 e. The normalized spacial score (nSPS) is 14.8. The number of nitrogens with one attached hydrogen (secondary N) is 2. The van der Waals surface area contributed by atoms with Gasteiger partial charge >= 0.3 is 0 Å². The number of aromatic nitrogens is 4. The highest BCUT2D eigenvalue weighted by molar-refractivity contribution is 7.73. The zero-order chi connectivity index (χ0) is 19.3. The van der Waals surface area contributed by atoms with Crippen LogP contribution >= 0.6 is 23.6 Å². The molecule has 1 aromatic carbocycles. The van der Waals surface area contributed by atoms with Crippen LogP contribution in [-0.4, -0.2) is 53.0 Å². The number of hydrogen-bond donors (Lipinski definition) is 2. The molecule has 0 bridgehead atoms. The molecule has 3 heterocycles. The van der Waals surface area contributed by atoms with Gasteiger partial charge in [-0.2, -0.15) is 4.68 Å². The molecular formula is C18H22N7OS2+. The molecule has 10 heteroatoms. The molecule has 0 saturated carbocycles. The first-order valence-electron chi connectivity index (χ1n) is 9.06. The zero-order valence-electron chi connectivity index (χ0n) is 15.5. The van der Waals surface area contributed by atoms with Crippen molar-refractivity contribution in [3.8, 4) is 5.75 Å². The summed E-state index contributed by atoms with van der Waals surface area (Å²) < 4.78 is 8.05. The van der Waals surface area contributed by atoms with Crippen LogP contribution in [0.2, 0.25) is 0 Å². The van der Waals surface area contributed by atoms with Gasteiger partial charge in [0.2, 0.25) is 11.1 Å². The summed E-state index contributed by atoms with van der Waals surface area (Å²) in [7, 11) is 1.66. The number of ether oxygens (including phenoxy) is 1. The van der Waals surface area contributed by atoms with E-state index in [4.69, 9.17) is 17.0 Å². The molecule has 0 amide bonds. The molecule has 1 fully saturated rings. The molecule has 1 aliphatic heterocycles. The Balaban J connectivity index is 1.38. The van der Waals surface area contributed by atoms with Gasteiger partial charge in [0, 0.05) is 12.4 Å². The topological polar surface area (TPSA) is 72.5 Å². The van der Waals surface area contributed by atoms with Crippen LogP contribution < -0.4 is 19.9 Å². The lowest BCUT2D eigenvalue weighted by atomic mass is 10.3. The molecule has 0 unspecified atom stereocenters. The van der Waals surface area contributed by atoms with E-state index in [0.717, 1.165) is 59.3 Å². The number of rotatable bonds is 6. The fourth-order valence-corrected chi connectivity index (χ4v) is 4.19. The average molecular weight is 417 g/mol. The Hall–Kier alpha value is -2.56. The van der Waals surface area contributed by atoms with Crippen molar-refractivity contribution in [1.82, 2.24) is 19.7 Å². The van der Waals surface area contributed by atoms with E-state index in [1.807, 2.05) is 35.0 Å². The largest absolute Gasteiger partial charge is 0.495 e. The number of quaternary nitrogens is 1. The van der Waals surface area contributed by atoms with E-state index in [1.165, 1.54) is 16.2 Å². The number of nitrogens with zero attached hydrogens (tertiary/aromatic N) is 5. The maximum Gasteiger partial charge on any atom is 0.225 e. The minimum atomic E-state index is 0.756. The summed E-state index contributed by atoms with van der Waals surface area (Å²) in [6.45, 7) is 4.58. The highest BCUT2D eigenvalue weighted by atomic mass is 32.1. The van der Waals surface area contributed by atoms with Gasteiger partial charge in [-0.05, 0) is 30.4 Å². The van der Waals surface area contributed by atoms with Gasteiger partial charge in [-0.3, -0.25) is 0 Å². The number of anilines is 3. The SMILES string of the molecule is COc1ccccc1Nc1nn(C[NH+]2CCN(c3ncccn3)CC2)c(=S)s1. The van der Waals surface area contributed by atoms with Gasteiger partial charge in [-0.1, -0.05) is 23.5 Å². The summed E-state index contributed by atoms with van der Waals surface area (Å²) >= 11 is 6.99. The van der Waals surface area contributed by atoms with Crippen molar-refractivity contribution >= 4 is 40.3 Å². The van der Waals surface area contributed by atoms with Crippen LogP contribution in [0.15, 0.2) is 42.7 Å². The van der Waals surface area contributed by atoms with Crippen LogP contribution in [0.5, 0.6) is 5.75 Å². The van der Waals surface area contributed by atoms with Crippen molar-refractivity contribution in [2.75, 3.05) is 43.5 Å². The lowest BCUT2D eigenvalue weighted by Crippen LogP contribution is -3.14. The Bertz CT molecular complexity index is 967. The molecule has 0 radical (unpaired) electrons. The van der Waals surface area contributed by atoms with Gasteiger partial charge in [-0.25, -0.2) is 9.97 Å². The lowest BCUT2D eigenvalue weighted by Gasteiger charge is -2.31. The Morgan fingerprint density at radius 2 is 1.93 bits per heavy atom. The van der Waals surface area contributed by atoms with Gasteiger partial charge in [0.25, 0.3) is 0 Å². The monoisotopic (exact) mass is 416 g/mol. The molecule has 3 aromatic rings. The van der Waals surface area contributed by atoms with E-state index < -0.39 is 0 Å². The number of hydrogen-bond acceptors (Lipinski definition) is 8. The molecule has 0 atom stereocenters. The van der Waals surface area contributed by atoms with Crippen molar-refractivity contribution in [3.05, 3.63) is 46.7 Å². The van der Waals surface area contributed by atoms with Gasteiger partial charge < -0.3 is 19.9 Å². The minimum absolute atomic E-state index is 0.756. The highest BCUT2D eigenvalue weighted by Gasteiger charge is 2.22. The van der Waals surface area contributed by atoms with Crippen LogP contribution in [0, 0.1) is 3.95 Å². The van der Waals surface area contributed by atoms with E-state index in [2.05, 4.69) is 25.3 Å². The third-order valence-electron chi connectivity index (χ3n) is 4.63. The maximum atomic E-state index is 5.52. The molecule has 1 aliphatic rings. The lowest BCUT2D eigenvalue weighted by molar-refractivity contribution is -0.924. The third kappa shape index (κ3) is 4.29. The second-order valence-electron chi connectivity index (χ2n) is 6.44. The molecule has 2 N–H and O–H groups in total. The second kappa shape index (κ2) is 8.63. The smallest absolute Gasteiger partial charge is 0.225 e. The molecular weight excluding hydrogens is 394 g/mol. The number of benzene rings is 1. The number of para-hydroxylation sites is 2. The van der Waals surface area contributed by atoms with Crippen LogP contribution in [-0.2, 0) is 6.67 Å². The molecule has 28 heavy (non-hydrogen) atoms. The summed E-state index contributed by atoms with van der Waals surface area (Å²) in [6.07, 6.45) is 3.57. The van der Waals surface area contributed by atoms with Crippen molar-refractivity contribution in [3.63, 3.8) is 0 Å². The Kier molecular flexibility index (Phi) is 5.79. The first-order valence-corrected chi connectivity index (χ1v) is 10.3. The zero-order valence-corrected chi connectivity index (χ0v) is 17.2. The molecule has 0 spiro atoms. The van der Waals surface area contributed by atoms with Crippen LogP contribution in [0.4, 0.5) is 16.8 Å². The molecule has 146 valence electrons. The van der Waals surface area contributed by atoms with Crippen molar-refractivity contribution in [2.24, 2.45) is 0 Å². The second-order valence-corrected chi connectivity index (χ2v) is 8.06. The standard InChI is InChI=1S/C18H21N7OS2/c1-26-15-6-3-2-5-14(15)21-17-22-25(18(27)28-17)13-23-9-11-24(12-10-23)16-19-7-4-8-20-16/h2-8H,9-13H2,1H3,(H,21,22)/p+1. The summed E-state index contributed by atoms with van der Waals surface area (Å²) in [6, 6.07) is 9.61. The fourth-order valence-electron chi connectivity index (χ4n) is 3.17. The van der Waals surface area contributed by atoms with Gasteiger partial charge in [0.05, 0.1) is 39.0 Å². The molecule has 1 saturated heterocycles. The third-order valence-corrected chi connectivity index (χ3v) is 5.86. The van der Waals surface area contributed by atoms with Crippen LogP contribution in [0.1, 0.15) is 0 Å². The Morgan fingerprint density at radius 1 is 1.18 bits per heavy atom.